The summed E-state index contributed by atoms with van der Waals surface area (Å²) in [6, 6.07) is 43.3. The van der Waals surface area contributed by atoms with Gasteiger partial charge in [0.2, 0.25) is 0 Å². The summed E-state index contributed by atoms with van der Waals surface area (Å²) in [4.78, 5) is 0. The van der Waals surface area contributed by atoms with Crippen molar-refractivity contribution in [2.45, 2.75) is 31.6 Å². The molecule has 0 N–H and O–H groups in total. The van der Waals surface area contributed by atoms with Crippen LogP contribution in [0.1, 0.15) is 52.8 Å². The van der Waals surface area contributed by atoms with E-state index in [0.717, 1.165) is 0 Å². The number of aryl methyl sites for hydroxylation is 1. The van der Waals surface area contributed by atoms with Gasteiger partial charge in [-0.3, -0.25) is 0 Å². The van der Waals surface area contributed by atoms with Crippen LogP contribution in [0.5, 0.6) is 0 Å². The van der Waals surface area contributed by atoms with Gasteiger partial charge >= 0.3 is 0 Å². The van der Waals surface area contributed by atoms with E-state index in [4.69, 9.17) is 0 Å². The number of benzene rings is 5. The van der Waals surface area contributed by atoms with Gasteiger partial charge in [-0.15, -0.1) is 0 Å². The Labute approximate surface area is 207 Å². The van der Waals surface area contributed by atoms with Crippen molar-refractivity contribution in [1.29, 1.82) is 0 Å². The summed E-state index contributed by atoms with van der Waals surface area (Å²) in [5, 5.41) is 0. The first-order valence-corrected chi connectivity index (χ1v) is 12.5. The molecule has 0 fully saturated rings. The van der Waals surface area contributed by atoms with E-state index in [2.05, 4.69) is 136 Å². The highest BCUT2D eigenvalue weighted by Gasteiger charge is 2.53. The van der Waals surface area contributed by atoms with Crippen molar-refractivity contribution in [2.24, 2.45) is 0 Å². The molecular weight excluding hydrogens is 420 g/mol. The molecule has 0 heterocycles. The Hall–Kier alpha value is -3.90. The summed E-state index contributed by atoms with van der Waals surface area (Å²) in [5.41, 5.74) is 14.7. The minimum atomic E-state index is -0.324. The molecule has 1 spiro atoms. The molecule has 2 aliphatic carbocycles. The Kier molecular flexibility index (Phi) is 4.13. The quantitative estimate of drug-likeness (QED) is 0.236. The lowest BCUT2D eigenvalue weighted by molar-refractivity contribution is 0.563. The van der Waals surface area contributed by atoms with Crippen LogP contribution >= 0.6 is 0 Å². The highest BCUT2D eigenvalue weighted by atomic mass is 14.5. The van der Waals surface area contributed by atoms with Crippen LogP contribution in [0.2, 0.25) is 0 Å². The van der Waals surface area contributed by atoms with Gasteiger partial charge < -0.3 is 0 Å². The molecule has 0 unspecified atom stereocenters. The van der Waals surface area contributed by atoms with Crippen LogP contribution in [0.3, 0.4) is 0 Å². The summed E-state index contributed by atoms with van der Waals surface area (Å²) < 4.78 is 0. The van der Waals surface area contributed by atoms with Crippen molar-refractivity contribution in [1.82, 2.24) is 0 Å². The van der Waals surface area contributed by atoms with Crippen LogP contribution in [0.15, 0.2) is 115 Å². The highest BCUT2D eigenvalue weighted by molar-refractivity contribution is 5.96. The molecule has 0 amide bonds. The third-order valence-corrected chi connectivity index (χ3v) is 8.44. The zero-order valence-electron chi connectivity index (χ0n) is 20.5. The Morgan fingerprint density at radius 2 is 0.914 bits per heavy atom. The maximum Gasteiger partial charge on any atom is 0.0719 e. The topological polar surface area (TPSA) is 0 Å². The third-order valence-electron chi connectivity index (χ3n) is 8.44. The van der Waals surface area contributed by atoms with E-state index in [1.165, 1.54) is 61.2 Å². The average Bonchev–Trinajstić information content (AvgIpc) is 3.20. The molecule has 0 aliphatic heterocycles. The van der Waals surface area contributed by atoms with Gasteiger partial charge in [0.15, 0.2) is 0 Å². The van der Waals surface area contributed by atoms with E-state index in [1.807, 2.05) is 0 Å². The predicted octanol–water partition coefficient (Wildman–Crippen LogP) is 8.66. The van der Waals surface area contributed by atoms with Crippen molar-refractivity contribution in [3.8, 4) is 22.3 Å². The van der Waals surface area contributed by atoms with Gasteiger partial charge in [-0.1, -0.05) is 135 Å². The fraction of sp³-hybridized carbons (Fsp3) is 0.143. The molecule has 35 heavy (non-hydrogen) atoms. The Bertz CT molecular complexity index is 1570. The fourth-order valence-corrected chi connectivity index (χ4v) is 6.88. The molecule has 0 nitrogen and oxygen atoms in total. The van der Waals surface area contributed by atoms with Gasteiger partial charge in [-0.2, -0.15) is 0 Å². The first kappa shape index (κ1) is 20.5. The van der Waals surface area contributed by atoms with Gasteiger partial charge in [0.1, 0.15) is 0 Å². The molecule has 0 heteroatoms. The Morgan fingerprint density at radius 3 is 1.54 bits per heavy atom. The maximum atomic E-state index is 2.38. The molecule has 0 atom stereocenters. The fourth-order valence-electron chi connectivity index (χ4n) is 6.88. The molecule has 7 rings (SSSR count). The molecule has 0 aromatic heterocycles. The summed E-state index contributed by atoms with van der Waals surface area (Å²) in [6.07, 6.45) is 0. The summed E-state index contributed by atoms with van der Waals surface area (Å²) in [6.45, 7) is 6.91. The van der Waals surface area contributed by atoms with Gasteiger partial charge in [-0.05, 0) is 62.6 Å². The van der Waals surface area contributed by atoms with E-state index >= 15 is 0 Å². The minimum absolute atomic E-state index is 0.0648. The smallest absolute Gasteiger partial charge is 0.0619 e. The minimum Gasteiger partial charge on any atom is -0.0619 e. The van der Waals surface area contributed by atoms with Gasteiger partial charge in [0, 0.05) is 5.41 Å². The molecule has 2 aliphatic rings. The van der Waals surface area contributed by atoms with Crippen LogP contribution in [-0.2, 0) is 10.8 Å². The van der Waals surface area contributed by atoms with Crippen LogP contribution in [0, 0.1) is 6.92 Å². The van der Waals surface area contributed by atoms with E-state index < -0.39 is 0 Å². The standard InChI is InChI=1S/C35H28/c1-23-19-21-24(22-20-23)25-12-10-18-32-33(25)26-11-4-5-13-27(26)35(32)30-16-8-6-14-28(30)34(2,3)29-15-7-9-17-31(29)35/h4-22H,1-3H3. The molecule has 0 saturated heterocycles. The third kappa shape index (κ3) is 2.52. The Morgan fingerprint density at radius 1 is 0.429 bits per heavy atom. The molecule has 5 aromatic carbocycles. The molecule has 168 valence electrons. The predicted molar refractivity (Wildman–Crippen MR) is 146 cm³/mol. The van der Waals surface area contributed by atoms with Crippen LogP contribution in [0.25, 0.3) is 22.3 Å². The van der Waals surface area contributed by atoms with Gasteiger partial charge in [0.25, 0.3) is 0 Å². The van der Waals surface area contributed by atoms with Crippen molar-refractivity contribution in [3.05, 3.63) is 154 Å². The lowest BCUT2D eigenvalue weighted by Crippen LogP contribution is -2.40. The van der Waals surface area contributed by atoms with Crippen molar-refractivity contribution >= 4 is 0 Å². The zero-order chi connectivity index (χ0) is 23.8. The second-order valence-corrected chi connectivity index (χ2v) is 10.6. The second kappa shape index (κ2) is 7.06. The normalized spacial score (nSPS) is 15.7. The average molecular weight is 449 g/mol. The van der Waals surface area contributed by atoms with E-state index in [0.29, 0.717) is 0 Å². The highest BCUT2D eigenvalue weighted by Crippen LogP contribution is 2.63. The van der Waals surface area contributed by atoms with Gasteiger partial charge in [-0.25, -0.2) is 0 Å². The zero-order valence-corrected chi connectivity index (χ0v) is 20.5. The lowest BCUT2D eigenvalue weighted by atomic mass is 9.55. The lowest BCUT2D eigenvalue weighted by Gasteiger charge is -2.46. The van der Waals surface area contributed by atoms with Gasteiger partial charge in [0.05, 0.1) is 5.41 Å². The molecular formula is C35H28. The monoisotopic (exact) mass is 448 g/mol. The maximum absolute atomic E-state index is 2.38. The van der Waals surface area contributed by atoms with E-state index in [9.17, 15) is 0 Å². The van der Waals surface area contributed by atoms with Crippen molar-refractivity contribution in [3.63, 3.8) is 0 Å². The SMILES string of the molecule is Cc1ccc(-c2cccc3c2-c2ccccc2C32c3ccccc3C(C)(C)c3ccccc32)cc1. The second-order valence-electron chi connectivity index (χ2n) is 10.6. The van der Waals surface area contributed by atoms with Crippen LogP contribution in [-0.4, -0.2) is 0 Å². The number of hydrogen-bond acceptors (Lipinski definition) is 0. The number of hydrogen-bond donors (Lipinski definition) is 0. The first-order chi connectivity index (χ1) is 17.0. The number of fused-ring (bicyclic) bond motifs is 9. The summed E-state index contributed by atoms with van der Waals surface area (Å²) >= 11 is 0. The van der Waals surface area contributed by atoms with Crippen LogP contribution < -0.4 is 0 Å². The number of rotatable bonds is 1. The van der Waals surface area contributed by atoms with Crippen LogP contribution in [0.4, 0.5) is 0 Å². The summed E-state index contributed by atoms with van der Waals surface area (Å²) in [5.74, 6) is 0. The van der Waals surface area contributed by atoms with Crippen molar-refractivity contribution < 1.29 is 0 Å². The summed E-state index contributed by atoms with van der Waals surface area (Å²) in [7, 11) is 0. The molecule has 0 saturated carbocycles. The van der Waals surface area contributed by atoms with Crippen molar-refractivity contribution in [2.75, 3.05) is 0 Å². The molecule has 0 bridgehead atoms. The molecule has 5 aromatic rings. The largest absolute Gasteiger partial charge is 0.0719 e. The first-order valence-electron chi connectivity index (χ1n) is 12.5. The Balaban J connectivity index is 1.68. The van der Waals surface area contributed by atoms with E-state index in [1.54, 1.807) is 0 Å². The van der Waals surface area contributed by atoms with E-state index in [-0.39, 0.29) is 10.8 Å². The molecule has 0 radical (unpaired) electrons.